The van der Waals surface area contributed by atoms with Crippen molar-refractivity contribution in [2.75, 3.05) is 0 Å². The molecule has 0 amide bonds. The standard InChI is InChI=1S/C12H11N3OS/c16-11-10(14-12(17)15-11)5-7-6-13-9-4-2-1-3-8(7)9/h1-4,6,13,16H,5H2,(H2,14,15,17). The van der Waals surface area contributed by atoms with Crippen molar-refractivity contribution < 1.29 is 5.11 Å². The van der Waals surface area contributed by atoms with Crippen molar-refractivity contribution in [3.8, 4) is 5.88 Å². The minimum absolute atomic E-state index is 0.111. The van der Waals surface area contributed by atoms with E-state index in [4.69, 9.17) is 12.2 Å². The van der Waals surface area contributed by atoms with E-state index in [0.29, 0.717) is 16.9 Å². The van der Waals surface area contributed by atoms with Crippen LogP contribution in [-0.4, -0.2) is 20.1 Å². The SMILES string of the molecule is Oc1[nH]c(=S)[nH]c1Cc1c[nH]c2ccccc12. The summed E-state index contributed by atoms with van der Waals surface area (Å²) in [6.45, 7) is 0. The van der Waals surface area contributed by atoms with Crippen LogP contribution in [-0.2, 0) is 6.42 Å². The minimum Gasteiger partial charge on any atom is -0.493 e. The molecule has 5 heteroatoms. The fourth-order valence-electron chi connectivity index (χ4n) is 2.01. The number of aromatic hydroxyl groups is 1. The zero-order valence-corrected chi connectivity index (χ0v) is 9.77. The topological polar surface area (TPSA) is 67.6 Å². The highest BCUT2D eigenvalue weighted by atomic mass is 32.1. The monoisotopic (exact) mass is 245 g/mol. The molecule has 0 aliphatic carbocycles. The van der Waals surface area contributed by atoms with E-state index in [-0.39, 0.29) is 5.88 Å². The molecule has 2 heterocycles. The van der Waals surface area contributed by atoms with E-state index in [2.05, 4.69) is 21.0 Å². The summed E-state index contributed by atoms with van der Waals surface area (Å²) in [6.07, 6.45) is 2.57. The Morgan fingerprint density at radius 3 is 2.76 bits per heavy atom. The van der Waals surface area contributed by atoms with E-state index in [1.54, 1.807) is 0 Å². The largest absolute Gasteiger partial charge is 0.493 e. The van der Waals surface area contributed by atoms with Crippen molar-refractivity contribution in [1.82, 2.24) is 15.0 Å². The lowest BCUT2D eigenvalue weighted by molar-refractivity contribution is 0.450. The average Bonchev–Trinajstić information content (AvgIpc) is 2.85. The summed E-state index contributed by atoms with van der Waals surface area (Å²) in [5.74, 6) is 0.111. The van der Waals surface area contributed by atoms with Crippen LogP contribution in [0.5, 0.6) is 5.88 Å². The molecule has 0 spiro atoms. The van der Waals surface area contributed by atoms with E-state index in [0.717, 1.165) is 16.5 Å². The van der Waals surface area contributed by atoms with Crippen molar-refractivity contribution in [1.29, 1.82) is 0 Å². The first-order valence-corrected chi connectivity index (χ1v) is 5.70. The number of hydrogen-bond donors (Lipinski definition) is 4. The molecule has 0 fully saturated rings. The Labute approximate surface area is 102 Å². The summed E-state index contributed by atoms with van der Waals surface area (Å²) in [5, 5.41) is 10.8. The molecule has 4 nitrogen and oxygen atoms in total. The van der Waals surface area contributed by atoms with Crippen molar-refractivity contribution in [2.45, 2.75) is 6.42 Å². The quantitative estimate of drug-likeness (QED) is 0.524. The Hall–Kier alpha value is -2.01. The Kier molecular flexibility index (Phi) is 2.26. The molecule has 86 valence electrons. The average molecular weight is 245 g/mol. The van der Waals surface area contributed by atoms with Crippen LogP contribution < -0.4 is 0 Å². The second-order valence-corrected chi connectivity index (χ2v) is 4.35. The van der Waals surface area contributed by atoms with Crippen LogP contribution in [0.3, 0.4) is 0 Å². The Morgan fingerprint density at radius 1 is 1.18 bits per heavy atom. The highest BCUT2D eigenvalue weighted by Gasteiger charge is 2.08. The summed E-state index contributed by atoms with van der Waals surface area (Å²) in [6, 6.07) is 8.07. The van der Waals surface area contributed by atoms with Crippen molar-refractivity contribution in [3.63, 3.8) is 0 Å². The maximum atomic E-state index is 9.64. The van der Waals surface area contributed by atoms with Gasteiger partial charge in [-0.05, 0) is 23.8 Å². The molecule has 17 heavy (non-hydrogen) atoms. The van der Waals surface area contributed by atoms with E-state index in [9.17, 15) is 5.11 Å². The number of imidazole rings is 1. The van der Waals surface area contributed by atoms with Gasteiger partial charge in [0.2, 0.25) is 5.88 Å². The fraction of sp³-hybridized carbons (Fsp3) is 0.0833. The van der Waals surface area contributed by atoms with Crippen molar-refractivity contribution in [3.05, 3.63) is 46.5 Å². The molecule has 1 aromatic carbocycles. The number of aromatic amines is 3. The van der Waals surface area contributed by atoms with Gasteiger partial charge in [-0.1, -0.05) is 18.2 Å². The molecule has 0 saturated carbocycles. The van der Waals surface area contributed by atoms with Crippen molar-refractivity contribution >= 4 is 23.1 Å². The highest BCUT2D eigenvalue weighted by molar-refractivity contribution is 7.71. The Morgan fingerprint density at radius 2 is 2.00 bits per heavy atom. The molecule has 0 radical (unpaired) electrons. The number of hydrogen-bond acceptors (Lipinski definition) is 2. The summed E-state index contributed by atoms with van der Waals surface area (Å²) >= 11 is 4.93. The molecule has 0 bridgehead atoms. The number of fused-ring (bicyclic) bond motifs is 1. The molecule has 4 N–H and O–H groups in total. The smallest absolute Gasteiger partial charge is 0.210 e. The number of benzene rings is 1. The third-order valence-electron chi connectivity index (χ3n) is 2.82. The molecule has 3 rings (SSSR count). The molecule has 0 unspecified atom stereocenters. The minimum atomic E-state index is 0.111. The lowest BCUT2D eigenvalue weighted by Crippen LogP contribution is -1.87. The molecular formula is C12H11N3OS. The van der Waals surface area contributed by atoms with Gasteiger partial charge >= 0.3 is 0 Å². The van der Waals surface area contributed by atoms with Crippen LogP contribution in [0.2, 0.25) is 0 Å². The van der Waals surface area contributed by atoms with Crippen molar-refractivity contribution in [2.24, 2.45) is 0 Å². The number of H-pyrrole nitrogens is 3. The molecule has 0 aliphatic rings. The van der Waals surface area contributed by atoms with Gasteiger partial charge in [-0.15, -0.1) is 0 Å². The van der Waals surface area contributed by atoms with Gasteiger partial charge in [-0.3, -0.25) is 0 Å². The van der Waals surface area contributed by atoms with Gasteiger partial charge in [-0.2, -0.15) is 0 Å². The van der Waals surface area contributed by atoms with Gasteiger partial charge in [0.25, 0.3) is 0 Å². The molecule has 0 aliphatic heterocycles. The van der Waals surface area contributed by atoms with Gasteiger partial charge in [0.1, 0.15) is 0 Å². The Balaban J connectivity index is 2.06. The number of para-hydroxylation sites is 1. The summed E-state index contributed by atoms with van der Waals surface area (Å²) in [5.41, 5.74) is 2.93. The maximum absolute atomic E-state index is 9.64. The predicted octanol–water partition coefficient (Wildman–Crippen LogP) is 2.85. The van der Waals surface area contributed by atoms with Crippen LogP contribution in [0.25, 0.3) is 10.9 Å². The summed E-state index contributed by atoms with van der Waals surface area (Å²) < 4.78 is 0.442. The van der Waals surface area contributed by atoms with E-state index >= 15 is 0 Å². The van der Waals surface area contributed by atoms with Gasteiger partial charge in [-0.25, -0.2) is 0 Å². The summed E-state index contributed by atoms with van der Waals surface area (Å²) in [4.78, 5) is 8.82. The lowest BCUT2D eigenvalue weighted by Gasteiger charge is -1.97. The number of rotatable bonds is 2. The number of aromatic nitrogens is 3. The maximum Gasteiger partial charge on any atom is 0.210 e. The van der Waals surface area contributed by atoms with Gasteiger partial charge in [0, 0.05) is 23.5 Å². The highest BCUT2D eigenvalue weighted by Crippen LogP contribution is 2.22. The van der Waals surface area contributed by atoms with Gasteiger partial charge < -0.3 is 20.1 Å². The first kappa shape index (κ1) is 10.2. The first-order valence-electron chi connectivity index (χ1n) is 5.29. The van der Waals surface area contributed by atoms with Gasteiger partial charge in [0.05, 0.1) is 5.69 Å². The number of nitrogens with one attached hydrogen (secondary N) is 3. The second-order valence-electron chi connectivity index (χ2n) is 3.94. The third-order valence-corrected chi connectivity index (χ3v) is 3.03. The van der Waals surface area contributed by atoms with Gasteiger partial charge in [0.15, 0.2) is 4.77 Å². The van der Waals surface area contributed by atoms with E-state index in [1.165, 1.54) is 0 Å². The molecule has 0 saturated heterocycles. The van der Waals surface area contributed by atoms with E-state index < -0.39 is 0 Å². The molecule has 3 aromatic rings. The van der Waals surface area contributed by atoms with Crippen LogP contribution >= 0.6 is 12.2 Å². The van der Waals surface area contributed by atoms with Crippen LogP contribution in [0.4, 0.5) is 0 Å². The fourth-order valence-corrected chi connectivity index (χ4v) is 2.23. The second kappa shape index (κ2) is 3.78. The zero-order valence-electron chi connectivity index (χ0n) is 8.95. The molecular weight excluding hydrogens is 234 g/mol. The normalized spacial score (nSPS) is 11.1. The lowest BCUT2D eigenvalue weighted by atomic mass is 10.1. The predicted molar refractivity (Wildman–Crippen MR) is 68.7 cm³/mol. The first-order chi connectivity index (χ1) is 8.24. The summed E-state index contributed by atoms with van der Waals surface area (Å²) in [7, 11) is 0. The molecule has 2 aromatic heterocycles. The Bertz CT molecular complexity index is 723. The third kappa shape index (κ3) is 1.74. The van der Waals surface area contributed by atoms with Crippen LogP contribution in [0.1, 0.15) is 11.3 Å². The zero-order chi connectivity index (χ0) is 11.8. The van der Waals surface area contributed by atoms with E-state index in [1.807, 2.05) is 24.4 Å². The molecule has 0 atom stereocenters. The van der Waals surface area contributed by atoms with Crippen LogP contribution in [0.15, 0.2) is 30.5 Å². The van der Waals surface area contributed by atoms with Crippen LogP contribution in [0, 0.1) is 4.77 Å².